The summed E-state index contributed by atoms with van der Waals surface area (Å²) in [7, 11) is 0. The van der Waals surface area contributed by atoms with Crippen LogP contribution in [0, 0.1) is 11.3 Å². The van der Waals surface area contributed by atoms with E-state index in [2.05, 4.69) is 43.1 Å². The summed E-state index contributed by atoms with van der Waals surface area (Å²) in [5.41, 5.74) is 3.54. The SMILES string of the molecule is CC(C)c1ccc2c(CC#N)c[nH]c2c1. The smallest absolute Gasteiger partial charge is 0.0670 e. The highest BCUT2D eigenvalue weighted by Gasteiger charge is 2.05. The Morgan fingerprint density at radius 1 is 1.40 bits per heavy atom. The average Bonchev–Trinajstić information content (AvgIpc) is 2.61. The second-order valence-electron chi connectivity index (χ2n) is 4.11. The number of aromatic amines is 1. The maximum atomic E-state index is 8.68. The zero-order valence-corrected chi connectivity index (χ0v) is 9.04. The summed E-state index contributed by atoms with van der Waals surface area (Å²) >= 11 is 0. The van der Waals surface area contributed by atoms with E-state index < -0.39 is 0 Å². The van der Waals surface area contributed by atoms with E-state index in [4.69, 9.17) is 5.26 Å². The van der Waals surface area contributed by atoms with Crippen LogP contribution in [0.5, 0.6) is 0 Å². The van der Waals surface area contributed by atoms with Crippen LogP contribution in [-0.2, 0) is 6.42 Å². The topological polar surface area (TPSA) is 39.6 Å². The average molecular weight is 198 g/mol. The lowest BCUT2D eigenvalue weighted by molar-refractivity contribution is 0.868. The fraction of sp³-hybridized carbons (Fsp3) is 0.308. The lowest BCUT2D eigenvalue weighted by atomic mass is 10.0. The Kier molecular flexibility index (Phi) is 2.47. The number of hydrogen-bond acceptors (Lipinski definition) is 1. The molecule has 0 unspecified atom stereocenters. The van der Waals surface area contributed by atoms with Crippen molar-refractivity contribution in [2.75, 3.05) is 0 Å². The largest absolute Gasteiger partial charge is 0.361 e. The predicted octanol–water partition coefficient (Wildman–Crippen LogP) is 3.36. The number of rotatable bonds is 2. The Balaban J connectivity index is 2.53. The van der Waals surface area contributed by atoms with E-state index in [0.717, 1.165) is 11.1 Å². The molecule has 0 aliphatic carbocycles. The van der Waals surface area contributed by atoms with Gasteiger partial charge in [-0.1, -0.05) is 26.0 Å². The molecule has 0 bridgehead atoms. The molecule has 2 aromatic rings. The molecular weight excluding hydrogens is 184 g/mol. The van der Waals surface area contributed by atoms with Crippen LogP contribution in [0.15, 0.2) is 24.4 Å². The first-order valence-corrected chi connectivity index (χ1v) is 5.19. The zero-order valence-electron chi connectivity index (χ0n) is 9.04. The molecule has 1 aromatic carbocycles. The minimum Gasteiger partial charge on any atom is -0.361 e. The molecule has 2 rings (SSSR count). The van der Waals surface area contributed by atoms with Gasteiger partial charge in [-0.3, -0.25) is 0 Å². The summed E-state index contributed by atoms with van der Waals surface area (Å²) < 4.78 is 0. The maximum absolute atomic E-state index is 8.68. The van der Waals surface area contributed by atoms with Gasteiger partial charge in [0, 0.05) is 17.1 Å². The molecule has 0 aliphatic rings. The fourth-order valence-corrected chi connectivity index (χ4v) is 1.79. The monoisotopic (exact) mass is 198 g/mol. The molecule has 0 saturated heterocycles. The van der Waals surface area contributed by atoms with E-state index >= 15 is 0 Å². The fourth-order valence-electron chi connectivity index (χ4n) is 1.79. The van der Waals surface area contributed by atoms with Crippen LogP contribution >= 0.6 is 0 Å². The van der Waals surface area contributed by atoms with Gasteiger partial charge in [0.05, 0.1) is 12.5 Å². The van der Waals surface area contributed by atoms with Crippen molar-refractivity contribution in [3.05, 3.63) is 35.5 Å². The Hall–Kier alpha value is -1.75. The van der Waals surface area contributed by atoms with Crippen LogP contribution in [0.1, 0.15) is 30.9 Å². The van der Waals surface area contributed by atoms with Crippen LogP contribution < -0.4 is 0 Å². The summed E-state index contributed by atoms with van der Waals surface area (Å²) in [6.07, 6.45) is 2.40. The molecule has 0 aliphatic heterocycles. The van der Waals surface area contributed by atoms with Gasteiger partial charge < -0.3 is 4.98 Å². The Labute approximate surface area is 89.5 Å². The molecular formula is C13H14N2. The van der Waals surface area contributed by atoms with Crippen LogP contribution in [0.2, 0.25) is 0 Å². The van der Waals surface area contributed by atoms with E-state index in [1.807, 2.05) is 6.20 Å². The van der Waals surface area contributed by atoms with Gasteiger partial charge in [0.1, 0.15) is 0 Å². The van der Waals surface area contributed by atoms with Crippen LogP contribution in [0.4, 0.5) is 0 Å². The summed E-state index contributed by atoms with van der Waals surface area (Å²) in [4.78, 5) is 3.22. The third-order valence-corrected chi connectivity index (χ3v) is 2.73. The van der Waals surface area contributed by atoms with E-state index in [1.165, 1.54) is 10.9 Å². The Morgan fingerprint density at radius 3 is 2.87 bits per heavy atom. The van der Waals surface area contributed by atoms with Gasteiger partial charge in [-0.15, -0.1) is 0 Å². The van der Waals surface area contributed by atoms with Gasteiger partial charge in [-0.25, -0.2) is 0 Å². The van der Waals surface area contributed by atoms with Crippen molar-refractivity contribution in [1.82, 2.24) is 4.98 Å². The third kappa shape index (κ3) is 1.73. The summed E-state index contributed by atoms with van der Waals surface area (Å²) in [6.45, 7) is 4.36. The summed E-state index contributed by atoms with van der Waals surface area (Å²) in [5, 5.41) is 9.84. The minimum atomic E-state index is 0.473. The highest BCUT2D eigenvalue weighted by molar-refractivity contribution is 5.84. The van der Waals surface area contributed by atoms with Crippen molar-refractivity contribution in [2.24, 2.45) is 0 Å². The molecule has 0 spiro atoms. The second kappa shape index (κ2) is 3.78. The molecule has 1 aromatic heterocycles. The first-order chi connectivity index (χ1) is 7.22. The maximum Gasteiger partial charge on any atom is 0.0670 e. The number of nitriles is 1. The van der Waals surface area contributed by atoms with Crippen molar-refractivity contribution in [3.8, 4) is 6.07 Å². The van der Waals surface area contributed by atoms with Crippen molar-refractivity contribution < 1.29 is 0 Å². The Bertz CT molecular complexity index is 515. The van der Waals surface area contributed by atoms with E-state index in [1.54, 1.807) is 0 Å². The third-order valence-electron chi connectivity index (χ3n) is 2.73. The number of hydrogen-bond donors (Lipinski definition) is 1. The quantitative estimate of drug-likeness (QED) is 0.789. The molecule has 2 heteroatoms. The van der Waals surface area contributed by atoms with Gasteiger partial charge in [0.15, 0.2) is 0 Å². The van der Waals surface area contributed by atoms with Crippen molar-refractivity contribution in [3.63, 3.8) is 0 Å². The second-order valence-corrected chi connectivity index (χ2v) is 4.11. The van der Waals surface area contributed by atoms with Crippen LogP contribution in [0.25, 0.3) is 10.9 Å². The molecule has 0 radical (unpaired) electrons. The summed E-state index contributed by atoms with van der Waals surface area (Å²) in [5.74, 6) is 0.539. The first-order valence-electron chi connectivity index (χ1n) is 5.19. The molecule has 0 amide bonds. The standard InChI is InChI=1S/C13H14N2/c1-9(2)10-3-4-12-11(5-6-14)8-15-13(12)7-10/h3-4,7-9,15H,5H2,1-2H3. The van der Waals surface area contributed by atoms with Crippen molar-refractivity contribution >= 4 is 10.9 Å². The molecule has 1 N–H and O–H groups in total. The van der Waals surface area contributed by atoms with Gasteiger partial charge in [-0.2, -0.15) is 5.26 Å². The summed E-state index contributed by atoms with van der Waals surface area (Å²) in [6, 6.07) is 8.59. The molecule has 76 valence electrons. The number of nitrogens with one attached hydrogen (secondary N) is 1. The van der Waals surface area contributed by atoms with Crippen molar-refractivity contribution in [2.45, 2.75) is 26.2 Å². The molecule has 0 fully saturated rings. The predicted molar refractivity (Wildman–Crippen MR) is 61.7 cm³/mol. The Morgan fingerprint density at radius 2 is 2.20 bits per heavy atom. The van der Waals surface area contributed by atoms with Gasteiger partial charge in [0.2, 0.25) is 0 Å². The van der Waals surface area contributed by atoms with E-state index in [0.29, 0.717) is 12.3 Å². The molecule has 0 saturated carbocycles. The van der Waals surface area contributed by atoms with Gasteiger partial charge in [0.25, 0.3) is 0 Å². The van der Waals surface area contributed by atoms with Crippen molar-refractivity contribution in [1.29, 1.82) is 5.26 Å². The number of fused-ring (bicyclic) bond motifs is 1. The molecule has 15 heavy (non-hydrogen) atoms. The number of nitrogens with zero attached hydrogens (tertiary/aromatic N) is 1. The molecule has 2 nitrogen and oxygen atoms in total. The lowest BCUT2D eigenvalue weighted by Crippen LogP contribution is -1.86. The number of benzene rings is 1. The molecule has 0 atom stereocenters. The highest BCUT2D eigenvalue weighted by Crippen LogP contribution is 2.23. The van der Waals surface area contributed by atoms with Crippen LogP contribution in [-0.4, -0.2) is 4.98 Å². The van der Waals surface area contributed by atoms with E-state index in [9.17, 15) is 0 Å². The number of H-pyrrole nitrogens is 1. The van der Waals surface area contributed by atoms with Crippen LogP contribution in [0.3, 0.4) is 0 Å². The molecule has 1 heterocycles. The zero-order chi connectivity index (χ0) is 10.8. The van der Waals surface area contributed by atoms with Gasteiger partial charge >= 0.3 is 0 Å². The number of aromatic nitrogens is 1. The van der Waals surface area contributed by atoms with E-state index in [-0.39, 0.29) is 0 Å². The highest BCUT2D eigenvalue weighted by atomic mass is 14.7. The van der Waals surface area contributed by atoms with Gasteiger partial charge in [-0.05, 0) is 23.1 Å². The first kappa shape index (κ1) is 9.79. The normalized spacial score (nSPS) is 10.8. The minimum absolute atomic E-state index is 0.473. The lowest BCUT2D eigenvalue weighted by Gasteiger charge is -2.04.